The molecule has 2 amide bonds. The van der Waals surface area contributed by atoms with Gasteiger partial charge in [-0.15, -0.1) is 4.99 Å². The van der Waals surface area contributed by atoms with E-state index in [0.29, 0.717) is 0 Å². The van der Waals surface area contributed by atoms with E-state index >= 15 is 0 Å². The Hall–Kier alpha value is -1.79. The topological polar surface area (TPSA) is 89.0 Å². The van der Waals surface area contributed by atoms with Crippen molar-refractivity contribution in [3.63, 3.8) is 0 Å². The van der Waals surface area contributed by atoms with Crippen molar-refractivity contribution < 1.29 is 19.1 Å². The van der Waals surface area contributed by atoms with Crippen molar-refractivity contribution in [2.45, 2.75) is 0 Å². The first kappa shape index (κ1) is 12.2. The van der Waals surface area contributed by atoms with Gasteiger partial charge in [0.15, 0.2) is 0 Å². The van der Waals surface area contributed by atoms with Gasteiger partial charge >= 0.3 is 12.2 Å². The maximum absolute atomic E-state index is 10.7. The zero-order chi connectivity index (χ0) is 11.0. The highest BCUT2D eigenvalue weighted by Crippen LogP contribution is 1.81. The number of methoxy groups -OCH3 is 2. The van der Waals surface area contributed by atoms with Gasteiger partial charge in [-0.2, -0.15) is 0 Å². The molecule has 0 saturated carbocycles. The van der Waals surface area contributed by atoms with Crippen LogP contribution < -0.4 is 10.6 Å². The molecule has 0 aliphatic rings. The van der Waals surface area contributed by atoms with Gasteiger partial charge in [0, 0.05) is 6.54 Å². The molecule has 79 valence electrons. The Morgan fingerprint density at radius 3 is 2.43 bits per heavy atom. The molecule has 7 nitrogen and oxygen atoms in total. The zero-order valence-corrected chi connectivity index (χ0v) is 7.99. The van der Waals surface area contributed by atoms with Gasteiger partial charge in [-0.1, -0.05) is 0 Å². The molecule has 14 heavy (non-hydrogen) atoms. The summed E-state index contributed by atoms with van der Waals surface area (Å²) in [4.78, 5) is 24.8. The predicted octanol–water partition coefficient (Wildman–Crippen LogP) is -0.112. The van der Waals surface area contributed by atoms with Crippen molar-refractivity contribution >= 4 is 18.1 Å². The maximum Gasteiger partial charge on any atom is 0.436 e. The highest BCUT2D eigenvalue weighted by molar-refractivity contribution is 5.98. The molecule has 1 radical (unpaired) electrons. The van der Waals surface area contributed by atoms with E-state index in [-0.39, 0.29) is 12.5 Å². The summed E-state index contributed by atoms with van der Waals surface area (Å²) in [5.41, 5.74) is 0. The van der Waals surface area contributed by atoms with Gasteiger partial charge in [-0.25, -0.2) is 9.59 Å². The standard InChI is InChI=1S/C7H12N3O4/c1-4-8-5(9-6(11)13-2)10-7(12)14-3/h1,4H2,2-3H3,(H2,8,9,10,11,12). The van der Waals surface area contributed by atoms with Crippen molar-refractivity contribution in [1.82, 2.24) is 10.6 Å². The third-order valence-electron chi connectivity index (χ3n) is 1.08. The molecule has 0 aromatic heterocycles. The van der Waals surface area contributed by atoms with E-state index in [0.717, 1.165) is 0 Å². The number of rotatable bonds is 1. The van der Waals surface area contributed by atoms with E-state index in [2.05, 4.69) is 32.0 Å². The summed E-state index contributed by atoms with van der Waals surface area (Å²) in [6.07, 6.45) is -1.58. The van der Waals surface area contributed by atoms with Crippen LogP contribution in [0.4, 0.5) is 9.59 Å². The van der Waals surface area contributed by atoms with Gasteiger partial charge in [0.05, 0.1) is 14.2 Å². The number of guanidine groups is 1. The molecule has 0 atom stereocenters. The van der Waals surface area contributed by atoms with Crippen molar-refractivity contribution in [1.29, 1.82) is 0 Å². The number of aliphatic imine (C=N–C) groups is 1. The summed E-state index contributed by atoms with van der Waals surface area (Å²) >= 11 is 0. The van der Waals surface area contributed by atoms with Gasteiger partial charge in [0.1, 0.15) is 0 Å². The fraction of sp³-hybridized carbons (Fsp3) is 0.429. The fourth-order valence-electron chi connectivity index (χ4n) is 0.515. The molecule has 0 saturated heterocycles. The van der Waals surface area contributed by atoms with E-state index in [1.807, 2.05) is 0 Å². The van der Waals surface area contributed by atoms with Crippen molar-refractivity contribution in [2.24, 2.45) is 4.99 Å². The molecule has 0 spiro atoms. The number of carbonyl (C=O) groups is 2. The highest BCUT2D eigenvalue weighted by Gasteiger charge is 2.06. The number of alkyl carbamates (subject to hydrolysis) is 1. The monoisotopic (exact) mass is 202 g/mol. The number of hydrogen-bond acceptors (Lipinski definition) is 4. The second-order valence-corrected chi connectivity index (χ2v) is 1.97. The molecule has 0 bridgehead atoms. The van der Waals surface area contributed by atoms with E-state index in [9.17, 15) is 9.59 Å². The minimum atomic E-state index is -0.836. The van der Waals surface area contributed by atoms with Crippen LogP contribution in [-0.2, 0) is 9.47 Å². The summed E-state index contributed by atoms with van der Waals surface area (Å²) in [6, 6.07) is 0. The summed E-state index contributed by atoms with van der Waals surface area (Å²) in [5, 5.41) is 4.71. The van der Waals surface area contributed by atoms with Gasteiger partial charge < -0.3 is 14.8 Å². The maximum atomic E-state index is 10.7. The molecule has 0 fully saturated rings. The molecule has 0 aromatic carbocycles. The Bertz CT molecular complexity index is 239. The minimum Gasteiger partial charge on any atom is -0.453 e. The van der Waals surface area contributed by atoms with Crippen LogP contribution in [0.25, 0.3) is 0 Å². The molecule has 7 heteroatoms. The first-order valence-corrected chi connectivity index (χ1v) is 3.68. The number of carbonyl (C=O) groups excluding carboxylic acids is 2. The quantitative estimate of drug-likeness (QED) is 0.457. The molecule has 2 N–H and O–H groups in total. The van der Waals surface area contributed by atoms with Crippen LogP contribution in [0, 0.1) is 6.92 Å². The Balaban J connectivity index is 4.34. The van der Waals surface area contributed by atoms with Crippen molar-refractivity contribution in [3.05, 3.63) is 6.92 Å². The molecular weight excluding hydrogens is 190 g/mol. The predicted molar refractivity (Wildman–Crippen MR) is 48.7 cm³/mol. The smallest absolute Gasteiger partial charge is 0.436 e. The second-order valence-electron chi connectivity index (χ2n) is 1.97. The van der Waals surface area contributed by atoms with E-state index in [4.69, 9.17) is 0 Å². The van der Waals surface area contributed by atoms with E-state index in [1.54, 1.807) is 0 Å². The van der Waals surface area contributed by atoms with Gasteiger partial charge in [-0.3, -0.25) is 5.32 Å². The third kappa shape index (κ3) is 4.96. The lowest BCUT2D eigenvalue weighted by Gasteiger charge is -2.07. The van der Waals surface area contributed by atoms with Crippen LogP contribution in [-0.4, -0.2) is 38.9 Å². The van der Waals surface area contributed by atoms with Crippen molar-refractivity contribution in [2.75, 3.05) is 20.8 Å². The molecule has 0 rings (SSSR count). The SMILES string of the molecule is [CH2]CNC(=NC(=O)OC)NC(=O)OC. The van der Waals surface area contributed by atoms with Crippen LogP contribution in [0.3, 0.4) is 0 Å². The Morgan fingerprint density at radius 1 is 1.36 bits per heavy atom. The first-order chi connectivity index (χ1) is 6.63. The summed E-state index contributed by atoms with van der Waals surface area (Å²) in [6.45, 7) is 3.71. The molecular formula is C7H12N3O4. The minimum absolute atomic E-state index is 0.0706. The van der Waals surface area contributed by atoms with E-state index < -0.39 is 12.2 Å². The third-order valence-corrected chi connectivity index (χ3v) is 1.08. The fourth-order valence-corrected chi connectivity index (χ4v) is 0.515. The average Bonchev–Trinajstić information content (AvgIpc) is 2.17. The average molecular weight is 202 g/mol. The second kappa shape index (κ2) is 6.70. The lowest BCUT2D eigenvalue weighted by Crippen LogP contribution is -2.41. The Labute approximate surface area is 81.5 Å². The zero-order valence-electron chi connectivity index (χ0n) is 7.99. The van der Waals surface area contributed by atoms with Crippen LogP contribution in [0.15, 0.2) is 4.99 Å². The highest BCUT2D eigenvalue weighted by atomic mass is 16.5. The number of hydrogen-bond donors (Lipinski definition) is 2. The molecule has 0 aromatic rings. The van der Waals surface area contributed by atoms with Crippen molar-refractivity contribution in [3.8, 4) is 0 Å². The summed E-state index contributed by atoms with van der Waals surface area (Å²) in [5.74, 6) is -0.0706. The first-order valence-electron chi connectivity index (χ1n) is 3.68. The molecule has 0 aliphatic heterocycles. The van der Waals surface area contributed by atoms with Crippen LogP contribution in [0.1, 0.15) is 0 Å². The van der Waals surface area contributed by atoms with Crippen LogP contribution in [0.2, 0.25) is 0 Å². The Kier molecular flexibility index (Phi) is 5.84. The largest absolute Gasteiger partial charge is 0.453 e. The van der Waals surface area contributed by atoms with Crippen LogP contribution >= 0.6 is 0 Å². The normalized spacial score (nSPS) is 10.4. The number of ether oxygens (including phenoxy) is 2. The van der Waals surface area contributed by atoms with E-state index in [1.165, 1.54) is 14.2 Å². The molecule has 0 unspecified atom stereocenters. The Morgan fingerprint density at radius 2 is 2.00 bits per heavy atom. The molecule has 0 aliphatic carbocycles. The summed E-state index contributed by atoms with van der Waals surface area (Å²) in [7, 11) is 2.36. The molecule has 0 heterocycles. The number of amides is 2. The number of nitrogens with zero attached hydrogens (tertiary/aromatic N) is 1. The number of nitrogens with one attached hydrogen (secondary N) is 2. The van der Waals surface area contributed by atoms with Gasteiger partial charge in [0.2, 0.25) is 5.96 Å². The lowest BCUT2D eigenvalue weighted by molar-refractivity contribution is 0.176. The van der Waals surface area contributed by atoms with Gasteiger partial charge in [-0.05, 0) is 6.92 Å². The van der Waals surface area contributed by atoms with Gasteiger partial charge in [0.25, 0.3) is 0 Å². The van der Waals surface area contributed by atoms with Crippen LogP contribution in [0.5, 0.6) is 0 Å². The summed E-state index contributed by atoms with van der Waals surface area (Å²) < 4.78 is 8.56. The lowest BCUT2D eigenvalue weighted by atomic mass is 10.7.